The molecule has 0 atom stereocenters. The Morgan fingerprint density at radius 1 is 0.594 bits per heavy atom. The van der Waals surface area contributed by atoms with E-state index in [0.717, 1.165) is 12.8 Å². The summed E-state index contributed by atoms with van der Waals surface area (Å²) in [6.45, 7) is 2.26. The topological polar surface area (TPSA) is 83.5 Å². The Balaban J connectivity index is 3.20. The highest BCUT2D eigenvalue weighted by molar-refractivity contribution is 7.89. The molecule has 0 saturated carbocycles. The number of nitrogens with one attached hydrogen (secondary N) is 1. The quantitative estimate of drug-likeness (QED) is 0.126. The maximum Gasteiger partial charge on any atom is 0.304 e. The van der Waals surface area contributed by atoms with Crippen molar-refractivity contribution in [1.82, 2.24) is 4.72 Å². The fraction of sp³-hybridized carbons (Fsp3) is 0.962. The predicted octanol–water partition coefficient (Wildman–Crippen LogP) is 7.59. The summed E-state index contributed by atoms with van der Waals surface area (Å²) in [5.74, 6) is -0.882. The molecule has 0 aromatic carbocycles. The average Bonchev–Trinajstić information content (AvgIpc) is 2.74. The Morgan fingerprint density at radius 2 is 0.906 bits per heavy atom. The molecule has 5 nitrogen and oxygen atoms in total. The van der Waals surface area contributed by atoms with E-state index in [2.05, 4.69) is 11.6 Å². The van der Waals surface area contributed by atoms with E-state index in [9.17, 15) is 13.2 Å². The van der Waals surface area contributed by atoms with E-state index < -0.39 is 16.0 Å². The van der Waals surface area contributed by atoms with Gasteiger partial charge in [-0.1, -0.05) is 135 Å². The van der Waals surface area contributed by atoms with Crippen LogP contribution in [0.25, 0.3) is 0 Å². The molecular weight excluding hydrogens is 422 g/mol. The highest BCUT2D eigenvalue weighted by atomic mass is 32.2. The zero-order valence-corrected chi connectivity index (χ0v) is 21.9. The zero-order valence-electron chi connectivity index (χ0n) is 21.1. The molecule has 0 spiro atoms. The van der Waals surface area contributed by atoms with Crippen molar-refractivity contribution in [3.63, 3.8) is 0 Å². The SMILES string of the molecule is CCCCCCCCCCCCCCCCCCCCCCCS(=O)(=O)NCCC(=O)O. The van der Waals surface area contributed by atoms with Crippen LogP contribution < -0.4 is 4.72 Å². The van der Waals surface area contributed by atoms with E-state index in [-0.39, 0.29) is 18.7 Å². The van der Waals surface area contributed by atoms with Gasteiger partial charge in [-0.05, 0) is 6.42 Å². The van der Waals surface area contributed by atoms with Gasteiger partial charge in [0.05, 0.1) is 12.2 Å². The lowest BCUT2D eigenvalue weighted by Crippen LogP contribution is -2.28. The first kappa shape index (κ1) is 31.4. The molecule has 0 aliphatic carbocycles. The second kappa shape index (κ2) is 23.5. The van der Waals surface area contributed by atoms with Crippen LogP contribution in [0.2, 0.25) is 0 Å². The number of carboxylic acids is 1. The molecule has 0 fully saturated rings. The van der Waals surface area contributed by atoms with Gasteiger partial charge in [-0.15, -0.1) is 0 Å². The van der Waals surface area contributed by atoms with Crippen molar-refractivity contribution < 1.29 is 18.3 Å². The van der Waals surface area contributed by atoms with Gasteiger partial charge in [-0.2, -0.15) is 0 Å². The van der Waals surface area contributed by atoms with Gasteiger partial charge in [-0.3, -0.25) is 4.79 Å². The fourth-order valence-electron chi connectivity index (χ4n) is 4.11. The number of rotatable bonds is 26. The van der Waals surface area contributed by atoms with Crippen LogP contribution in [0.1, 0.15) is 148 Å². The molecule has 0 bridgehead atoms. The Labute approximate surface area is 199 Å². The minimum Gasteiger partial charge on any atom is -0.481 e. The minimum absolute atomic E-state index is 0.0169. The highest BCUT2D eigenvalue weighted by Crippen LogP contribution is 2.15. The standard InChI is InChI=1S/C26H53NO4S/c1-2-3-4-5-6-7-8-9-10-11-12-13-14-15-16-17-18-19-20-21-22-25-32(30,31)27-24-23-26(28)29/h27H,2-25H2,1H3,(H,28,29). The van der Waals surface area contributed by atoms with Crippen molar-refractivity contribution in [3.05, 3.63) is 0 Å². The maximum absolute atomic E-state index is 11.7. The zero-order chi connectivity index (χ0) is 23.8. The first-order valence-electron chi connectivity index (χ1n) is 13.7. The third-order valence-corrected chi connectivity index (χ3v) is 7.65. The summed E-state index contributed by atoms with van der Waals surface area (Å²) in [4.78, 5) is 10.4. The van der Waals surface area contributed by atoms with Crippen LogP contribution in [-0.2, 0) is 14.8 Å². The van der Waals surface area contributed by atoms with E-state index in [1.807, 2.05) is 0 Å². The Bertz CT molecular complexity index is 508. The normalized spacial score (nSPS) is 11.8. The molecule has 0 aromatic rings. The molecule has 0 radical (unpaired) electrons. The lowest BCUT2D eigenvalue weighted by Gasteiger charge is -2.06. The van der Waals surface area contributed by atoms with Gasteiger partial charge in [0.25, 0.3) is 0 Å². The Kier molecular flexibility index (Phi) is 23.1. The van der Waals surface area contributed by atoms with Crippen LogP contribution in [0.5, 0.6) is 0 Å². The summed E-state index contributed by atoms with van der Waals surface area (Å²) >= 11 is 0. The number of hydrogen-bond donors (Lipinski definition) is 2. The van der Waals surface area contributed by atoms with Crippen molar-refractivity contribution in [2.75, 3.05) is 12.3 Å². The minimum atomic E-state index is -3.32. The lowest BCUT2D eigenvalue weighted by molar-refractivity contribution is -0.136. The van der Waals surface area contributed by atoms with Crippen molar-refractivity contribution >= 4 is 16.0 Å². The van der Waals surface area contributed by atoms with Gasteiger partial charge >= 0.3 is 5.97 Å². The molecule has 2 N–H and O–H groups in total. The molecule has 0 aliphatic heterocycles. The summed E-state index contributed by atoms with van der Waals surface area (Å²) in [7, 11) is -3.32. The Hall–Kier alpha value is -0.620. The first-order valence-corrected chi connectivity index (χ1v) is 15.3. The summed E-state index contributed by atoms with van der Waals surface area (Å²) in [6.07, 6.45) is 27.3. The monoisotopic (exact) mass is 475 g/mol. The van der Waals surface area contributed by atoms with Gasteiger partial charge in [0.1, 0.15) is 0 Å². The summed E-state index contributed by atoms with van der Waals surface area (Å²) in [5, 5.41) is 8.53. The molecule has 0 unspecified atom stereocenters. The van der Waals surface area contributed by atoms with Gasteiger partial charge in [-0.25, -0.2) is 13.1 Å². The largest absolute Gasteiger partial charge is 0.481 e. The number of hydrogen-bond acceptors (Lipinski definition) is 3. The van der Waals surface area contributed by atoms with Crippen LogP contribution in [0.3, 0.4) is 0 Å². The third kappa shape index (κ3) is 25.6. The first-order chi connectivity index (χ1) is 15.5. The fourth-order valence-corrected chi connectivity index (χ4v) is 5.25. The van der Waals surface area contributed by atoms with Gasteiger partial charge < -0.3 is 5.11 Å². The van der Waals surface area contributed by atoms with Crippen LogP contribution >= 0.6 is 0 Å². The Morgan fingerprint density at radius 3 is 1.22 bits per heavy atom. The molecule has 0 heterocycles. The van der Waals surface area contributed by atoms with Crippen molar-refractivity contribution in [2.24, 2.45) is 0 Å². The number of aliphatic carboxylic acids is 1. The molecule has 6 heteroatoms. The van der Waals surface area contributed by atoms with E-state index in [4.69, 9.17) is 5.11 Å². The van der Waals surface area contributed by atoms with Gasteiger partial charge in [0.2, 0.25) is 10.0 Å². The van der Waals surface area contributed by atoms with Crippen LogP contribution in [0, 0.1) is 0 Å². The van der Waals surface area contributed by atoms with Gasteiger partial charge in [0, 0.05) is 6.54 Å². The van der Waals surface area contributed by atoms with Crippen molar-refractivity contribution in [2.45, 2.75) is 148 Å². The predicted molar refractivity (Wildman–Crippen MR) is 137 cm³/mol. The van der Waals surface area contributed by atoms with Crippen LogP contribution in [-0.4, -0.2) is 31.8 Å². The maximum atomic E-state index is 11.7. The summed E-state index contributed by atoms with van der Waals surface area (Å²) in [6, 6.07) is 0. The third-order valence-electron chi connectivity index (χ3n) is 6.18. The molecule has 32 heavy (non-hydrogen) atoms. The highest BCUT2D eigenvalue weighted by Gasteiger charge is 2.09. The second-order valence-electron chi connectivity index (χ2n) is 9.43. The van der Waals surface area contributed by atoms with E-state index in [1.165, 1.54) is 116 Å². The summed E-state index contributed by atoms with van der Waals surface area (Å²) in [5.41, 5.74) is 0. The molecule has 0 aliphatic rings. The van der Waals surface area contributed by atoms with E-state index in [1.54, 1.807) is 0 Å². The molecule has 0 rings (SSSR count). The smallest absolute Gasteiger partial charge is 0.304 e. The molecule has 0 aromatic heterocycles. The molecular formula is C26H53NO4S. The van der Waals surface area contributed by atoms with Gasteiger partial charge in [0.15, 0.2) is 0 Å². The van der Waals surface area contributed by atoms with Crippen molar-refractivity contribution in [1.29, 1.82) is 0 Å². The number of carbonyl (C=O) groups is 1. The average molecular weight is 476 g/mol. The number of sulfonamides is 1. The van der Waals surface area contributed by atoms with Crippen molar-refractivity contribution in [3.8, 4) is 0 Å². The molecule has 0 amide bonds. The number of unbranched alkanes of at least 4 members (excludes halogenated alkanes) is 20. The molecule has 0 saturated heterocycles. The van der Waals surface area contributed by atoms with E-state index in [0.29, 0.717) is 6.42 Å². The second-order valence-corrected chi connectivity index (χ2v) is 11.4. The van der Waals surface area contributed by atoms with E-state index >= 15 is 0 Å². The van der Waals surface area contributed by atoms with Crippen LogP contribution in [0.15, 0.2) is 0 Å². The van der Waals surface area contributed by atoms with Crippen LogP contribution in [0.4, 0.5) is 0 Å². The summed E-state index contributed by atoms with van der Waals surface area (Å²) < 4.78 is 25.8. The number of carboxylic acid groups (broad SMARTS) is 1. The molecule has 192 valence electrons. The lowest BCUT2D eigenvalue weighted by atomic mass is 10.0.